The molecule has 0 radical (unpaired) electrons. The maximum Gasteiger partial charge on any atom is 0.308 e. The van der Waals surface area contributed by atoms with E-state index in [9.17, 15) is 14.0 Å². The van der Waals surface area contributed by atoms with Crippen molar-refractivity contribution in [3.05, 3.63) is 35.6 Å². The minimum atomic E-state index is -0.511. The number of esters is 1. The highest BCUT2D eigenvalue weighted by molar-refractivity contribution is 5.78. The van der Waals surface area contributed by atoms with Crippen molar-refractivity contribution in [3.8, 4) is 0 Å². The van der Waals surface area contributed by atoms with Gasteiger partial charge in [0.05, 0.1) is 19.1 Å². The molecule has 126 valence electrons. The maximum atomic E-state index is 13.1. The number of hydrogen-bond acceptors (Lipinski definition) is 4. The second-order valence-electron chi connectivity index (χ2n) is 5.68. The summed E-state index contributed by atoms with van der Waals surface area (Å²) in [6.45, 7) is 2.95. The van der Waals surface area contributed by atoms with Gasteiger partial charge in [0.25, 0.3) is 0 Å². The fraction of sp³-hybridized carbons (Fsp3) is 0.529. The number of halogens is 1. The van der Waals surface area contributed by atoms with E-state index in [2.05, 4.69) is 10.6 Å². The zero-order chi connectivity index (χ0) is 16.7. The summed E-state index contributed by atoms with van der Waals surface area (Å²) in [6, 6.07) is 5.46. The first-order valence-corrected chi connectivity index (χ1v) is 8.02. The third kappa shape index (κ3) is 5.63. The smallest absolute Gasteiger partial charge is 0.308 e. The summed E-state index contributed by atoms with van der Waals surface area (Å²) in [5.74, 6) is -0.866. The Kier molecular flexibility index (Phi) is 6.52. The molecule has 1 aliphatic rings. The summed E-state index contributed by atoms with van der Waals surface area (Å²) < 4.78 is 18.0. The molecule has 2 atom stereocenters. The van der Waals surface area contributed by atoms with Gasteiger partial charge in [0.1, 0.15) is 5.82 Å². The number of carbonyl (C=O) groups excluding carboxylic acids is 2. The summed E-state index contributed by atoms with van der Waals surface area (Å²) in [7, 11) is 0. The molecule has 2 unspecified atom stereocenters. The quantitative estimate of drug-likeness (QED) is 0.754. The van der Waals surface area contributed by atoms with E-state index < -0.39 is 6.04 Å². The molecular formula is C17H23FN2O3. The number of nitrogens with one attached hydrogen (secondary N) is 2. The summed E-state index contributed by atoms with van der Waals surface area (Å²) in [5.41, 5.74) is 0.687. The molecule has 0 bridgehead atoms. The van der Waals surface area contributed by atoms with E-state index in [1.54, 1.807) is 19.1 Å². The molecule has 2 N–H and O–H groups in total. The van der Waals surface area contributed by atoms with E-state index in [1.165, 1.54) is 12.1 Å². The average Bonchev–Trinajstić information content (AvgIpc) is 3.00. The fourth-order valence-electron chi connectivity index (χ4n) is 2.74. The second kappa shape index (κ2) is 8.62. The van der Waals surface area contributed by atoms with Crippen LogP contribution in [-0.2, 0) is 14.3 Å². The van der Waals surface area contributed by atoms with Gasteiger partial charge >= 0.3 is 5.97 Å². The van der Waals surface area contributed by atoms with Gasteiger partial charge in [-0.05, 0) is 44.0 Å². The fourth-order valence-corrected chi connectivity index (χ4v) is 2.74. The molecule has 23 heavy (non-hydrogen) atoms. The van der Waals surface area contributed by atoms with Crippen molar-refractivity contribution in [3.63, 3.8) is 0 Å². The summed E-state index contributed by atoms with van der Waals surface area (Å²) >= 11 is 0. The van der Waals surface area contributed by atoms with E-state index in [0.717, 1.165) is 19.4 Å². The summed E-state index contributed by atoms with van der Waals surface area (Å²) in [5, 5.41) is 6.13. The van der Waals surface area contributed by atoms with Crippen LogP contribution in [0.15, 0.2) is 24.3 Å². The Labute approximate surface area is 135 Å². The number of amides is 1. The minimum absolute atomic E-state index is 0.0311. The lowest BCUT2D eigenvalue weighted by molar-refractivity contribution is -0.143. The SMILES string of the molecule is CCOC(=O)CC(NC(=O)CC1CCCN1)c1ccc(F)cc1. The largest absolute Gasteiger partial charge is 0.466 e. The Hall–Kier alpha value is -1.95. The van der Waals surface area contributed by atoms with Crippen LogP contribution in [0.5, 0.6) is 0 Å². The maximum absolute atomic E-state index is 13.1. The van der Waals surface area contributed by atoms with Gasteiger partial charge in [-0.15, -0.1) is 0 Å². The molecule has 0 saturated carbocycles. The summed E-state index contributed by atoms with van der Waals surface area (Å²) in [4.78, 5) is 24.0. The monoisotopic (exact) mass is 322 g/mol. The Morgan fingerprint density at radius 3 is 2.74 bits per heavy atom. The first kappa shape index (κ1) is 17.4. The summed E-state index contributed by atoms with van der Waals surface area (Å²) in [6.07, 6.45) is 2.46. The van der Waals surface area contributed by atoms with Crippen LogP contribution in [0.4, 0.5) is 4.39 Å². The Bertz CT molecular complexity index is 527. The highest BCUT2D eigenvalue weighted by atomic mass is 19.1. The van der Waals surface area contributed by atoms with Gasteiger partial charge in [-0.3, -0.25) is 9.59 Å². The molecule has 0 aliphatic carbocycles. The van der Waals surface area contributed by atoms with Gasteiger partial charge < -0.3 is 15.4 Å². The van der Waals surface area contributed by atoms with Crippen LogP contribution < -0.4 is 10.6 Å². The van der Waals surface area contributed by atoms with Crippen LogP contribution in [-0.4, -0.2) is 31.1 Å². The highest BCUT2D eigenvalue weighted by Crippen LogP contribution is 2.19. The van der Waals surface area contributed by atoms with E-state index in [1.807, 2.05) is 0 Å². The normalized spacial score (nSPS) is 18.4. The van der Waals surface area contributed by atoms with Crippen LogP contribution in [0.1, 0.15) is 44.2 Å². The van der Waals surface area contributed by atoms with Crippen LogP contribution in [0.2, 0.25) is 0 Å². The molecule has 1 aromatic carbocycles. The van der Waals surface area contributed by atoms with Gasteiger partial charge in [-0.2, -0.15) is 0 Å². The third-order valence-corrected chi connectivity index (χ3v) is 3.88. The lowest BCUT2D eigenvalue weighted by atomic mass is 10.0. The van der Waals surface area contributed by atoms with Crippen molar-refractivity contribution in [1.82, 2.24) is 10.6 Å². The first-order chi connectivity index (χ1) is 11.1. The van der Waals surface area contributed by atoms with Gasteiger partial charge in [-0.25, -0.2) is 4.39 Å². The molecule has 6 heteroatoms. The van der Waals surface area contributed by atoms with Crippen molar-refractivity contribution >= 4 is 11.9 Å². The molecule has 0 aromatic heterocycles. The van der Waals surface area contributed by atoms with E-state index in [-0.39, 0.29) is 36.8 Å². The van der Waals surface area contributed by atoms with Crippen molar-refractivity contribution in [2.75, 3.05) is 13.2 Å². The number of carbonyl (C=O) groups is 2. The van der Waals surface area contributed by atoms with Gasteiger partial charge in [0, 0.05) is 12.5 Å². The van der Waals surface area contributed by atoms with Gasteiger partial charge in [0.15, 0.2) is 0 Å². The molecule has 1 aromatic rings. The first-order valence-electron chi connectivity index (χ1n) is 8.02. The molecular weight excluding hydrogens is 299 g/mol. The zero-order valence-electron chi connectivity index (χ0n) is 13.3. The minimum Gasteiger partial charge on any atom is -0.466 e. The standard InChI is InChI=1S/C17H23FN2O3/c1-2-23-17(22)11-15(12-5-7-13(18)8-6-12)20-16(21)10-14-4-3-9-19-14/h5-8,14-15,19H,2-4,9-11H2,1H3,(H,20,21). The Morgan fingerprint density at radius 1 is 1.39 bits per heavy atom. The Morgan fingerprint density at radius 2 is 2.13 bits per heavy atom. The van der Waals surface area contributed by atoms with Gasteiger partial charge in [0.2, 0.25) is 5.91 Å². The van der Waals surface area contributed by atoms with E-state index >= 15 is 0 Å². The van der Waals surface area contributed by atoms with Crippen molar-refractivity contribution < 1.29 is 18.7 Å². The number of benzene rings is 1. The molecule has 1 fully saturated rings. The van der Waals surface area contributed by atoms with Crippen LogP contribution in [0, 0.1) is 5.82 Å². The zero-order valence-corrected chi connectivity index (χ0v) is 13.3. The van der Waals surface area contributed by atoms with E-state index in [4.69, 9.17) is 4.74 Å². The lowest BCUT2D eigenvalue weighted by Gasteiger charge is -2.20. The molecule has 2 rings (SSSR count). The lowest BCUT2D eigenvalue weighted by Crippen LogP contribution is -2.35. The number of ether oxygens (including phenoxy) is 1. The average molecular weight is 322 g/mol. The van der Waals surface area contributed by atoms with Crippen LogP contribution in [0.3, 0.4) is 0 Å². The van der Waals surface area contributed by atoms with E-state index in [0.29, 0.717) is 12.0 Å². The highest BCUT2D eigenvalue weighted by Gasteiger charge is 2.22. The molecule has 1 saturated heterocycles. The van der Waals surface area contributed by atoms with Crippen molar-refractivity contribution in [1.29, 1.82) is 0 Å². The number of rotatable bonds is 7. The van der Waals surface area contributed by atoms with Crippen molar-refractivity contribution in [2.45, 2.75) is 44.7 Å². The van der Waals surface area contributed by atoms with Crippen LogP contribution >= 0.6 is 0 Å². The number of hydrogen-bond donors (Lipinski definition) is 2. The molecule has 1 aliphatic heterocycles. The molecule has 5 nitrogen and oxygen atoms in total. The van der Waals surface area contributed by atoms with Crippen molar-refractivity contribution in [2.24, 2.45) is 0 Å². The second-order valence-corrected chi connectivity index (χ2v) is 5.68. The molecule has 1 amide bonds. The Balaban J connectivity index is 2.01. The van der Waals surface area contributed by atoms with Gasteiger partial charge in [-0.1, -0.05) is 12.1 Å². The van der Waals surface area contributed by atoms with Crippen LogP contribution in [0.25, 0.3) is 0 Å². The predicted molar refractivity (Wildman–Crippen MR) is 84.2 cm³/mol. The predicted octanol–water partition coefficient (Wildman–Crippen LogP) is 2.08. The molecule has 1 heterocycles. The molecule has 0 spiro atoms. The third-order valence-electron chi connectivity index (χ3n) is 3.88. The topological polar surface area (TPSA) is 67.4 Å².